The van der Waals surface area contributed by atoms with Gasteiger partial charge in [-0.25, -0.2) is 8.42 Å². The Morgan fingerprint density at radius 3 is 2.67 bits per heavy atom. The average molecular weight is 328 g/mol. The lowest BCUT2D eigenvalue weighted by Gasteiger charge is -2.23. The van der Waals surface area contributed by atoms with Crippen molar-refractivity contribution in [2.75, 3.05) is 18.6 Å². The van der Waals surface area contributed by atoms with Gasteiger partial charge in [-0.05, 0) is 38.3 Å². The summed E-state index contributed by atoms with van der Waals surface area (Å²) in [5.74, 6) is 0.257. The molecule has 2 heterocycles. The van der Waals surface area contributed by atoms with E-state index in [2.05, 4.69) is 17.4 Å². The summed E-state index contributed by atoms with van der Waals surface area (Å²) in [4.78, 5) is 16.7. The predicted octanol–water partition coefficient (Wildman–Crippen LogP) is 1.45. The molecule has 0 radical (unpaired) electrons. The molecule has 1 N–H and O–H groups in total. The van der Waals surface area contributed by atoms with Gasteiger partial charge in [0.1, 0.15) is 21.5 Å². The third kappa shape index (κ3) is 3.00. The topological polar surface area (TPSA) is 66.5 Å². The summed E-state index contributed by atoms with van der Waals surface area (Å²) >= 11 is 1.68. The second kappa shape index (κ2) is 5.07. The first-order valence-corrected chi connectivity index (χ1v) is 10.0. The van der Waals surface area contributed by atoms with Gasteiger partial charge < -0.3 is 4.90 Å². The molecule has 1 saturated heterocycles. The quantitative estimate of drug-likeness (QED) is 0.888. The van der Waals surface area contributed by atoms with Gasteiger partial charge in [0, 0.05) is 22.6 Å². The van der Waals surface area contributed by atoms with E-state index < -0.39 is 9.84 Å². The van der Waals surface area contributed by atoms with Crippen LogP contribution in [0.4, 0.5) is 0 Å². The van der Waals surface area contributed by atoms with Gasteiger partial charge >= 0.3 is 0 Å². The highest BCUT2D eigenvalue weighted by molar-refractivity contribution is 7.90. The highest BCUT2D eigenvalue weighted by Crippen LogP contribution is 2.46. The van der Waals surface area contributed by atoms with E-state index in [1.807, 2.05) is 11.8 Å². The van der Waals surface area contributed by atoms with Gasteiger partial charge in [-0.3, -0.25) is 10.1 Å². The van der Waals surface area contributed by atoms with Gasteiger partial charge in [-0.1, -0.05) is 0 Å². The van der Waals surface area contributed by atoms with Crippen LogP contribution >= 0.6 is 11.3 Å². The van der Waals surface area contributed by atoms with Gasteiger partial charge in [-0.2, -0.15) is 0 Å². The number of rotatable bonds is 5. The van der Waals surface area contributed by atoms with Gasteiger partial charge in [0.15, 0.2) is 0 Å². The van der Waals surface area contributed by atoms with E-state index in [0.29, 0.717) is 13.0 Å². The lowest BCUT2D eigenvalue weighted by Crippen LogP contribution is -2.33. The van der Waals surface area contributed by atoms with Gasteiger partial charge in [-0.15, -0.1) is 11.3 Å². The maximum Gasteiger partial charge on any atom is 0.244 e. The monoisotopic (exact) mass is 328 g/mol. The first-order chi connectivity index (χ1) is 9.81. The number of nitrogens with zero attached hydrogens (tertiary/aromatic N) is 1. The molecule has 2 fully saturated rings. The molecule has 7 heteroatoms. The van der Waals surface area contributed by atoms with E-state index in [4.69, 9.17) is 0 Å². The number of nitrogens with one attached hydrogen (secondary N) is 1. The Morgan fingerprint density at radius 2 is 2.14 bits per heavy atom. The number of sulfone groups is 1. The van der Waals surface area contributed by atoms with Gasteiger partial charge in [0.2, 0.25) is 5.91 Å². The molecule has 2 aliphatic rings. The highest BCUT2D eigenvalue weighted by atomic mass is 32.2. The molecule has 21 heavy (non-hydrogen) atoms. The molecule has 1 aromatic rings. The maximum atomic E-state index is 12.6. The van der Waals surface area contributed by atoms with Crippen molar-refractivity contribution in [2.24, 2.45) is 0 Å². The largest absolute Gasteiger partial charge is 0.320 e. The molecule has 1 atom stereocenters. The number of amides is 1. The van der Waals surface area contributed by atoms with E-state index >= 15 is 0 Å². The zero-order valence-corrected chi connectivity index (χ0v) is 13.9. The number of hydrogen-bond acceptors (Lipinski definition) is 5. The van der Waals surface area contributed by atoms with E-state index in [-0.39, 0.29) is 23.4 Å². The van der Waals surface area contributed by atoms with E-state index in [1.165, 1.54) is 11.1 Å². The van der Waals surface area contributed by atoms with Crippen LogP contribution in [0.1, 0.15) is 35.2 Å². The van der Waals surface area contributed by atoms with E-state index in [9.17, 15) is 13.2 Å². The van der Waals surface area contributed by atoms with Crippen molar-refractivity contribution in [3.05, 3.63) is 21.9 Å². The predicted molar refractivity (Wildman–Crippen MR) is 82.9 cm³/mol. The maximum absolute atomic E-state index is 12.6. The van der Waals surface area contributed by atoms with Crippen molar-refractivity contribution in [3.8, 4) is 0 Å². The molecule has 1 aliphatic heterocycles. The molecule has 0 aromatic carbocycles. The summed E-state index contributed by atoms with van der Waals surface area (Å²) in [7, 11) is -2.98. The third-order valence-electron chi connectivity index (χ3n) is 4.09. The van der Waals surface area contributed by atoms with Crippen LogP contribution in [-0.4, -0.2) is 43.3 Å². The van der Waals surface area contributed by atoms with Crippen LogP contribution < -0.4 is 5.32 Å². The van der Waals surface area contributed by atoms with Crippen LogP contribution in [0, 0.1) is 6.92 Å². The first-order valence-electron chi connectivity index (χ1n) is 7.14. The van der Waals surface area contributed by atoms with Crippen molar-refractivity contribution >= 4 is 27.1 Å². The first kappa shape index (κ1) is 15.0. The summed E-state index contributed by atoms with van der Waals surface area (Å²) in [6.45, 7) is 2.54. The second-order valence-corrected chi connectivity index (χ2v) is 9.64. The van der Waals surface area contributed by atoms with Crippen LogP contribution in [0.2, 0.25) is 0 Å². The van der Waals surface area contributed by atoms with E-state index in [1.54, 1.807) is 11.3 Å². The summed E-state index contributed by atoms with van der Waals surface area (Å²) in [5, 5.41) is 3.46. The molecule has 1 aromatic heterocycles. The summed E-state index contributed by atoms with van der Waals surface area (Å²) in [5.41, 5.74) is -0.367. The molecule has 0 bridgehead atoms. The number of thiophene rings is 1. The van der Waals surface area contributed by atoms with Crippen LogP contribution in [0.3, 0.4) is 0 Å². The minimum absolute atomic E-state index is 0.0988. The van der Waals surface area contributed by atoms with Crippen LogP contribution in [-0.2, 0) is 14.6 Å². The Morgan fingerprint density at radius 1 is 1.43 bits per heavy atom. The number of carbonyl (C=O) groups excluding carboxylic acids is 1. The van der Waals surface area contributed by atoms with E-state index in [0.717, 1.165) is 17.7 Å². The summed E-state index contributed by atoms with van der Waals surface area (Å²) in [6, 6.07) is 4.11. The van der Waals surface area contributed by atoms with Gasteiger partial charge in [0.25, 0.3) is 0 Å². The molecule has 1 unspecified atom stereocenters. The zero-order chi connectivity index (χ0) is 15.3. The average Bonchev–Trinajstić information content (AvgIpc) is 2.97. The standard InChI is InChI=1S/C14H20N2O3S2/c1-10-4-5-11(20-10)12-15-14(6-7-14)13(17)16(12)8-3-9-21(2,18)19/h4-5,12,15H,3,6-9H2,1-2H3. The van der Waals surface area contributed by atoms with Crippen molar-refractivity contribution in [2.45, 2.75) is 37.9 Å². The molecule has 116 valence electrons. The molecular weight excluding hydrogens is 308 g/mol. The zero-order valence-electron chi connectivity index (χ0n) is 12.3. The Hall–Kier alpha value is -0.920. The number of hydrogen-bond donors (Lipinski definition) is 1. The van der Waals surface area contributed by atoms with Crippen molar-refractivity contribution in [1.29, 1.82) is 0 Å². The molecule has 5 nitrogen and oxygen atoms in total. The van der Waals surface area contributed by atoms with Crippen LogP contribution in [0.5, 0.6) is 0 Å². The van der Waals surface area contributed by atoms with Crippen LogP contribution in [0.15, 0.2) is 12.1 Å². The van der Waals surface area contributed by atoms with Crippen molar-refractivity contribution in [3.63, 3.8) is 0 Å². The SMILES string of the molecule is Cc1ccc(C2NC3(CC3)C(=O)N2CCCS(C)(=O)=O)s1. The van der Waals surface area contributed by atoms with Crippen molar-refractivity contribution < 1.29 is 13.2 Å². The Balaban J connectivity index is 1.76. The smallest absolute Gasteiger partial charge is 0.244 e. The highest BCUT2D eigenvalue weighted by Gasteiger charge is 2.59. The minimum atomic E-state index is -2.98. The minimum Gasteiger partial charge on any atom is -0.320 e. The number of aryl methyl sites for hydroxylation is 1. The molecular formula is C14H20N2O3S2. The van der Waals surface area contributed by atoms with Gasteiger partial charge in [0.05, 0.1) is 5.75 Å². The molecule has 1 aliphatic carbocycles. The van der Waals surface area contributed by atoms with Crippen molar-refractivity contribution in [1.82, 2.24) is 10.2 Å². The Bertz CT molecular complexity index is 662. The van der Waals surface area contributed by atoms with Crippen LogP contribution in [0.25, 0.3) is 0 Å². The molecule has 1 saturated carbocycles. The third-order valence-corrected chi connectivity index (χ3v) is 6.17. The summed E-state index contributed by atoms with van der Waals surface area (Å²) < 4.78 is 22.5. The Labute approximate surface area is 129 Å². The molecule has 3 rings (SSSR count). The second-order valence-electron chi connectivity index (χ2n) is 6.06. The fraction of sp³-hybridized carbons (Fsp3) is 0.643. The lowest BCUT2D eigenvalue weighted by molar-refractivity contribution is -0.130. The molecule has 1 amide bonds. The fourth-order valence-electron chi connectivity index (χ4n) is 2.83. The fourth-order valence-corrected chi connectivity index (χ4v) is 4.42. The normalized spacial score (nSPS) is 24.0. The summed E-state index contributed by atoms with van der Waals surface area (Å²) in [6.07, 6.45) is 3.39. The molecule has 1 spiro atoms. The lowest BCUT2D eigenvalue weighted by atomic mass is 10.2. The number of carbonyl (C=O) groups is 1. The Kier molecular flexibility index (Phi) is 3.62.